The second-order valence-electron chi connectivity index (χ2n) is 4.07. The fraction of sp³-hybridized carbons (Fsp3) is 0.700. The quantitative estimate of drug-likeness (QED) is 0.492. The number of aliphatic carboxylic acids is 1. The molecule has 0 aromatic carbocycles. The number of carboxylic acid groups (broad SMARTS) is 1. The normalized spacial score (nSPS) is 17.8. The number of nitrogens with one attached hydrogen (secondary N) is 2. The van der Waals surface area contributed by atoms with Gasteiger partial charge in [0, 0.05) is 19.3 Å². The average molecular weight is 259 g/mol. The summed E-state index contributed by atoms with van der Waals surface area (Å²) in [5, 5.41) is 13.6. The van der Waals surface area contributed by atoms with Crippen molar-refractivity contribution >= 4 is 17.9 Å². The Morgan fingerprint density at radius 3 is 2.44 bits per heavy atom. The summed E-state index contributed by atoms with van der Waals surface area (Å²) in [7, 11) is 0. The lowest BCUT2D eigenvalue weighted by molar-refractivity contribution is -0.140. The highest BCUT2D eigenvalue weighted by molar-refractivity contribution is 5.87. The van der Waals surface area contributed by atoms with Gasteiger partial charge in [-0.3, -0.25) is 4.79 Å². The number of amides is 3. The molecule has 0 spiro atoms. The molecule has 1 atom stereocenters. The maximum Gasteiger partial charge on any atom is 0.326 e. The molecule has 0 aromatic rings. The first-order valence-corrected chi connectivity index (χ1v) is 5.65. The summed E-state index contributed by atoms with van der Waals surface area (Å²) in [6, 6.07) is -1.96. The highest BCUT2D eigenvalue weighted by Crippen LogP contribution is 2.05. The van der Waals surface area contributed by atoms with Crippen molar-refractivity contribution in [1.29, 1.82) is 0 Å². The van der Waals surface area contributed by atoms with E-state index in [1.54, 1.807) is 0 Å². The third kappa shape index (κ3) is 5.00. The summed E-state index contributed by atoms with van der Waals surface area (Å²) >= 11 is 0. The van der Waals surface area contributed by atoms with Gasteiger partial charge in [-0.25, -0.2) is 9.59 Å². The number of carboxylic acids is 1. The molecule has 5 N–H and O–H groups in total. The molecule has 1 heterocycles. The number of carbonyl (C=O) groups is 3. The molecule has 8 heteroatoms. The van der Waals surface area contributed by atoms with Crippen LogP contribution in [0.2, 0.25) is 0 Å². The highest BCUT2D eigenvalue weighted by atomic mass is 16.5. The smallest absolute Gasteiger partial charge is 0.326 e. The molecule has 102 valence electrons. The minimum absolute atomic E-state index is 0.0400. The SMILES string of the molecule is NC(=O)CC(NC(=O)NC1CCOCC1)C(=O)O. The lowest BCUT2D eigenvalue weighted by Crippen LogP contribution is -2.51. The van der Waals surface area contributed by atoms with E-state index in [-0.39, 0.29) is 6.04 Å². The number of hydrogen-bond acceptors (Lipinski definition) is 4. The summed E-state index contributed by atoms with van der Waals surface area (Å²) in [5.74, 6) is -2.08. The van der Waals surface area contributed by atoms with Crippen LogP contribution >= 0.6 is 0 Å². The van der Waals surface area contributed by atoms with E-state index in [0.29, 0.717) is 26.1 Å². The maximum atomic E-state index is 11.5. The van der Waals surface area contributed by atoms with Gasteiger partial charge in [-0.05, 0) is 12.8 Å². The van der Waals surface area contributed by atoms with Crippen molar-refractivity contribution in [3.05, 3.63) is 0 Å². The molecule has 1 fully saturated rings. The number of carbonyl (C=O) groups excluding carboxylic acids is 2. The molecule has 0 aliphatic carbocycles. The van der Waals surface area contributed by atoms with Gasteiger partial charge < -0.3 is 26.2 Å². The van der Waals surface area contributed by atoms with E-state index in [0.717, 1.165) is 0 Å². The Morgan fingerprint density at radius 2 is 1.94 bits per heavy atom. The fourth-order valence-electron chi connectivity index (χ4n) is 1.63. The topological polar surface area (TPSA) is 131 Å². The van der Waals surface area contributed by atoms with E-state index in [1.807, 2.05) is 0 Å². The Hall–Kier alpha value is -1.83. The summed E-state index contributed by atoms with van der Waals surface area (Å²) in [4.78, 5) is 33.0. The van der Waals surface area contributed by atoms with Crippen LogP contribution in [0.4, 0.5) is 4.79 Å². The van der Waals surface area contributed by atoms with E-state index in [4.69, 9.17) is 15.6 Å². The lowest BCUT2D eigenvalue weighted by Gasteiger charge is -2.24. The predicted octanol–water partition coefficient (Wildman–Crippen LogP) is -1.21. The molecule has 18 heavy (non-hydrogen) atoms. The van der Waals surface area contributed by atoms with Crippen LogP contribution in [0.3, 0.4) is 0 Å². The second kappa shape index (κ2) is 6.80. The van der Waals surface area contributed by atoms with Crippen LogP contribution in [0.25, 0.3) is 0 Å². The molecule has 1 unspecified atom stereocenters. The minimum atomic E-state index is -1.30. The van der Waals surface area contributed by atoms with Crippen LogP contribution in [0.15, 0.2) is 0 Å². The molecule has 1 aliphatic rings. The number of rotatable bonds is 5. The van der Waals surface area contributed by atoms with Crippen LogP contribution in [0.5, 0.6) is 0 Å². The standard InChI is InChI=1S/C10H17N3O5/c11-8(14)5-7(9(15)16)13-10(17)12-6-1-3-18-4-2-6/h6-7H,1-5H2,(H2,11,14)(H,15,16)(H2,12,13,17). The Bertz CT molecular complexity index is 327. The molecule has 1 aliphatic heterocycles. The van der Waals surface area contributed by atoms with Crippen LogP contribution in [-0.2, 0) is 14.3 Å². The van der Waals surface area contributed by atoms with Crippen molar-refractivity contribution in [2.24, 2.45) is 5.73 Å². The van der Waals surface area contributed by atoms with Gasteiger partial charge in [0.1, 0.15) is 6.04 Å². The molecule has 0 saturated carbocycles. The second-order valence-corrected chi connectivity index (χ2v) is 4.07. The van der Waals surface area contributed by atoms with Gasteiger partial charge in [0.2, 0.25) is 5.91 Å². The van der Waals surface area contributed by atoms with Gasteiger partial charge in [0.25, 0.3) is 0 Å². The zero-order chi connectivity index (χ0) is 13.5. The largest absolute Gasteiger partial charge is 0.480 e. The third-order valence-corrected chi connectivity index (χ3v) is 2.57. The summed E-state index contributed by atoms with van der Waals surface area (Å²) in [5.41, 5.74) is 4.90. The molecule has 0 aromatic heterocycles. The number of hydrogen-bond donors (Lipinski definition) is 4. The summed E-state index contributed by atoms with van der Waals surface area (Å²) < 4.78 is 5.13. The Balaban J connectivity index is 2.40. The van der Waals surface area contributed by atoms with Crippen LogP contribution in [0, 0.1) is 0 Å². The number of ether oxygens (including phenoxy) is 1. The molecular weight excluding hydrogens is 242 g/mol. The molecule has 0 radical (unpaired) electrons. The Kier molecular flexibility index (Phi) is 5.37. The van der Waals surface area contributed by atoms with E-state index >= 15 is 0 Å². The van der Waals surface area contributed by atoms with Gasteiger partial charge in [-0.1, -0.05) is 0 Å². The first-order chi connectivity index (χ1) is 8.49. The molecule has 1 rings (SSSR count). The van der Waals surface area contributed by atoms with Gasteiger partial charge in [0.05, 0.1) is 6.42 Å². The lowest BCUT2D eigenvalue weighted by atomic mass is 10.1. The van der Waals surface area contributed by atoms with Crippen molar-refractivity contribution in [2.45, 2.75) is 31.3 Å². The average Bonchev–Trinajstić information content (AvgIpc) is 2.28. The van der Waals surface area contributed by atoms with Crippen molar-refractivity contribution in [3.63, 3.8) is 0 Å². The molecule has 8 nitrogen and oxygen atoms in total. The van der Waals surface area contributed by atoms with Crippen molar-refractivity contribution < 1.29 is 24.2 Å². The third-order valence-electron chi connectivity index (χ3n) is 2.57. The van der Waals surface area contributed by atoms with E-state index < -0.39 is 30.4 Å². The minimum Gasteiger partial charge on any atom is -0.480 e. The van der Waals surface area contributed by atoms with E-state index in [1.165, 1.54) is 0 Å². The zero-order valence-corrected chi connectivity index (χ0v) is 9.85. The van der Waals surface area contributed by atoms with Crippen LogP contribution in [0.1, 0.15) is 19.3 Å². The van der Waals surface area contributed by atoms with Crippen LogP contribution in [-0.4, -0.2) is 48.3 Å². The molecule has 3 amide bonds. The molecule has 1 saturated heterocycles. The van der Waals surface area contributed by atoms with E-state index in [2.05, 4.69) is 10.6 Å². The monoisotopic (exact) mass is 259 g/mol. The summed E-state index contributed by atoms with van der Waals surface area (Å²) in [6.45, 7) is 1.13. The van der Waals surface area contributed by atoms with Gasteiger partial charge >= 0.3 is 12.0 Å². The Labute approximate surface area is 104 Å². The number of primary amides is 1. The maximum absolute atomic E-state index is 11.5. The first kappa shape index (κ1) is 14.2. The zero-order valence-electron chi connectivity index (χ0n) is 9.85. The molecular formula is C10H17N3O5. The van der Waals surface area contributed by atoms with Gasteiger partial charge in [-0.2, -0.15) is 0 Å². The fourth-order valence-corrected chi connectivity index (χ4v) is 1.63. The number of urea groups is 1. The number of nitrogens with two attached hydrogens (primary N) is 1. The Morgan fingerprint density at radius 1 is 1.33 bits per heavy atom. The van der Waals surface area contributed by atoms with Crippen molar-refractivity contribution in [1.82, 2.24) is 10.6 Å². The highest BCUT2D eigenvalue weighted by Gasteiger charge is 2.23. The van der Waals surface area contributed by atoms with Crippen LogP contribution < -0.4 is 16.4 Å². The first-order valence-electron chi connectivity index (χ1n) is 5.65. The van der Waals surface area contributed by atoms with E-state index in [9.17, 15) is 14.4 Å². The summed E-state index contributed by atoms with van der Waals surface area (Å²) in [6.07, 6.45) is 0.929. The molecule has 0 bridgehead atoms. The van der Waals surface area contributed by atoms with Gasteiger partial charge in [0.15, 0.2) is 0 Å². The van der Waals surface area contributed by atoms with Crippen molar-refractivity contribution in [3.8, 4) is 0 Å². The van der Waals surface area contributed by atoms with Crippen molar-refractivity contribution in [2.75, 3.05) is 13.2 Å². The predicted molar refractivity (Wildman–Crippen MR) is 60.7 cm³/mol. The van der Waals surface area contributed by atoms with Gasteiger partial charge in [-0.15, -0.1) is 0 Å².